The summed E-state index contributed by atoms with van der Waals surface area (Å²) in [6.07, 6.45) is 4.76. The van der Waals surface area contributed by atoms with Crippen molar-refractivity contribution in [3.05, 3.63) is 22.4 Å². The van der Waals surface area contributed by atoms with E-state index in [-0.39, 0.29) is 5.60 Å². The van der Waals surface area contributed by atoms with Gasteiger partial charge in [0.25, 0.3) is 0 Å². The van der Waals surface area contributed by atoms with Crippen molar-refractivity contribution in [3.8, 4) is 0 Å². The van der Waals surface area contributed by atoms with Crippen molar-refractivity contribution in [1.29, 1.82) is 0 Å². The van der Waals surface area contributed by atoms with Gasteiger partial charge >= 0.3 is 0 Å². The van der Waals surface area contributed by atoms with Crippen LogP contribution in [0.15, 0.2) is 16.8 Å². The van der Waals surface area contributed by atoms with Crippen molar-refractivity contribution in [1.82, 2.24) is 5.32 Å². The minimum atomic E-state index is 0.197. The first-order chi connectivity index (χ1) is 9.26. The molecule has 1 N–H and O–H groups in total. The van der Waals surface area contributed by atoms with Gasteiger partial charge < -0.3 is 10.1 Å². The van der Waals surface area contributed by atoms with Gasteiger partial charge in [0, 0.05) is 24.4 Å². The number of hydrogen-bond acceptors (Lipinski definition) is 4. The van der Waals surface area contributed by atoms with Crippen LogP contribution in [0.1, 0.15) is 31.7 Å². The van der Waals surface area contributed by atoms with Crippen LogP contribution in [-0.2, 0) is 11.2 Å². The number of thioether (sulfide) groups is 1. The predicted molar refractivity (Wildman–Crippen MR) is 84.3 cm³/mol. The Bertz CT molecular complexity index is 387. The highest BCUT2D eigenvalue weighted by atomic mass is 32.2. The maximum Gasteiger partial charge on any atom is 0.0795 e. The molecule has 0 amide bonds. The summed E-state index contributed by atoms with van der Waals surface area (Å²) in [6, 6.07) is 3.44. The highest BCUT2D eigenvalue weighted by Crippen LogP contribution is 2.38. The smallest absolute Gasteiger partial charge is 0.0795 e. The van der Waals surface area contributed by atoms with Crippen LogP contribution < -0.4 is 5.32 Å². The lowest BCUT2D eigenvalue weighted by atomic mass is 9.89. The Morgan fingerprint density at radius 2 is 2.53 bits per heavy atom. The highest BCUT2D eigenvalue weighted by molar-refractivity contribution is 7.99. The van der Waals surface area contributed by atoms with Crippen LogP contribution in [0.3, 0.4) is 0 Å². The van der Waals surface area contributed by atoms with Gasteiger partial charge in [-0.2, -0.15) is 23.1 Å². The van der Waals surface area contributed by atoms with Crippen LogP contribution in [0.25, 0.3) is 0 Å². The highest BCUT2D eigenvalue weighted by Gasteiger charge is 2.40. The van der Waals surface area contributed by atoms with E-state index in [0.717, 1.165) is 13.0 Å². The van der Waals surface area contributed by atoms with Gasteiger partial charge in [0.15, 0.2) is 0 Å². The van der Waals surface area contributed by atoms with E-state index in [1.807, 2.05) is 0 Å². The Kier molecular flexibility index (Phi) is 4.52. The van der Waals surface area contributed by atoms with Crippen molar-refractivity contribution >= 4 is 23.1 Å². The van der Waals surface area contributed by atoms with Crippen LogP contribution in [-0.4, -0.2) is 35.8 Å². The molecule has 106 valence electrons. The summed E-state index contributed by atoms with van der Waals surface area (Å²) >= 11 is 3.85. The number of hydrogen-bond donors (Lipinski definition) is 1. The van der Waals surface area contributed by atoms with E-state index >= 15 is 0 Å². The van der Waals surface area contributed by atoms with Crippen molar-refractivity contribution in [3.63, 3.8) is 0 Å². The first-order valence-corrected chi connectivity index (χ1v) is 9.34. The van der Waals surface area contributed by atoms with Gasteiger partial charge in [-0.25, -0.2) is 0 Å². The number of thiophene rings is 1. The van der Waals surface area contributed by atoms with Crippen LogP contribution in [0.2, 0.25) is 0 Å². The second-order valence-corrected chi connectivity index (χ2v) is 7.81. The summed E-state index contributed by atoms with van der Waals surface area (Å²) in [6.45, 7) is 3.24. The van der Waals surface area contributed by atoms with Gasteiger partial charge in [0.1, 0.15) is 0 Å². The Labute approximate surface area is 124 Å². The topological polar surface area (TPSA) is 21.3 Å². The summed E-state index contributed by atoms with van der Waals surface area (Å²) in [4.78, 5) is 0. The summed E-state index contributed by atoms with van der Waals surface area (Å²) in [5, 5.41) is 8.25. The van der Waals surface area contributed by atoms with E-state index in [9.17, 15) is 0 Å². The lowest BCUT2D eigenvalue weighted by molar-refractivity contribution is -0.0711. The van der Waals surface area contributed by atoms with E-state index < -0.39 is 0 Å². The first kappa shape index (κ1) is 13.9. The molecule has 0 radical (unpaired) electrons. The molecule has 19 heavy (non-hydrogen) atoms. The zero-order valence-corrected chi connectivity index (χ0v) is 13.2. The molecule has 3 atom stereocenters. The van der Waals surface area contributed by atoms with Crippen LogP contribution in [0.4, 0.5) is 0 Å². The van der Waals surface area contributed by atoms with Crippen LogP contribution >= 0.6 is 23.1 Å². The molecule has 2 fully saturated rings. The maximum atomic E-state index is 6.08. The molecule has 0 aliphatic carbocycles. The zero-order valence-electron chi connectivity index (χ0n) is 11.6. The van der Waals surface area contributed by atoms with E-state index in [1.54, 1.807) is 11.3 Å². The van der Waals surface area contributed by atoms with Gasteiger partial charge in [0.2, 0.25) is 0 Å². The molecule has 2 aliphatic heterocycles. The molecule has 2 saturated heterocycles. The standard InChI is InChI=1S/C15H23NOS2/c1-12(8-13-3-6-18-10-13)16-14-2-5-17-15(9-14)4-7-19-11-15/h3,6,10,12,14,16H,2,4-5,7-9,11H2,1H3. The van der Waals surface area contributed by atoms with Crippen molar-refractivity contribution in [2.24, 2.45) is 0 Å². The third-order valence-corrected chi connectivity index (χ3v) is 6.16. The molecule has 0 saturated carbocycles. The molecule has 0 bridgehead atoms. The maximum absolute atomic E-state index is 6.08. The molecule has 0 aromatic carbocycles. The summed E-state index contributed by atoms with van der Waals surface area (Å²) in [5.41, 5.74) is 1.66. The minimum Gasteiger partial charge on any atom is -0.374 e. The van der Waals surface area contributed by atoms with Gasteiger partial charge in [0.05, 0.1) is 5.60 Å². The van der Waals surface area contributed by atoms with E-state index in [4.69, 9.17) is 4.74 Å². The molecule has 2 nitrogen and oxygen atoms in total. The average molecular weight is 297 g/mol. The third kappa shape index (κ3) is 3.54. The molecular weight excluding hydrogens is 274 g/mol. The van der Waals surface area contributed by atoms with E-state index in [2.05, 4.69) is 40.8 Å². The fourth-order valence-corrected chi connectivity index (χ4v) is 5.32. The Morgan fingerprint density at radius 3 is 3.26 bits per heavy atom. The fourth-order valence-electron chi connectivity index (χ4n) is 3.26. The van der Waals surface area contributed by atoms with Crippen molar-refractivity contribution < 1.29 is 4.74 Å². The summed E-state index contributed by atoms with van der Waals surface area (Å²) in [7, 11) is 0. The summed E-state index contributed by atoms with van der Waals surface area (Å²) in [5.74, 6) is 2.47. The molecule has 1 aromatic rings. The molecule has 1 aromatic heterocycles. The lowest BCUT2D eigenvalue weighted by Gasteiger charge is -2.39. The average Bonchev–Trinajstić information content (AvgIpc) is 3.02. The second kappa shape index (κ2) is 6.17. The molecule has 3 unspecified atom stereocenters. The first-order valence-electron chi connectivity index (χ1n) is 7.25. The number of nitrogens with one attached hydrogen (secondary N) is 1. The zero-order chi connectivity index (χ0) is 13.1. The molecular formula is C15H23NOS2. The van der Waals surface area contributed by atoms with Crippen molar-refractivity contribution in [2.45, 2.75) is 50.3 Å². The van der Waals surface area contributed by atoms with E-state index in [1.165, 1.54) is 36.3 Å². The second-order valence-electron chi connectivity index (χ2n) is 5.93. The molecule has 4 heteroatoms. The SMILES string of the molecule is CC(Cc1ccsc1)NC1CCOC2(CCSC2)C1. The fraction of sp³-hybridized carbons (Fsp3) is 0.733. The minimum absolute atomic E-state index is 0.197. The predicted octanol–water partition coefficient (Wildman–Crippen LogP) is 3.32. The van der Waals surface area contributed by atoms with Crippen LogP contribution in [0, 0.1) is 0 Å². The Hall–Kier alpha value is -0.0300. The largest absolute Gasteiger partial charge is 0.374 e. The van der Waals surface area contributed by atoms with Gasteiger partial charge in [-0.05, 0) is 60.7 Å². The monoisotopic (exact) mass is 297 g/mol. The van der Waals surface area contributed by atoms with E-state index in [0.29, 0.717) is 12.1 Å². The molecule has 3 rings (SSSR count). The normalized spacial score (nSPS) is 32.8. The molecule has 1 spiro atoms. The Balaban J connectivity index is 1.51. The lowest BCUT2D eigenvalue weighted by Crippen LogP contribution is -2.49. The molecule has 2 aliphatic rings. The Morgan fingerprint density at radius 1 is 1.58 bits per heavy atom. The van der Waals surface area contributed by atoms with Gasteiger partial charge in [-0.15, -0.1) is 0 Å². The summed E-state index contributed by atoms with van der Waals surface area (Å²) < 4.78 is 6.08. The van der Waals surface area contributed by atoms with Crippen molar-refractivity contribution in [2.75, 3.05) is 18.1 Å². The van der Waals surface area contributed by atoms with Crippen LogP contribution in [0.5, 0.6) is 0 Å². The third-order valence-electron chi connectivity index (χ3n) is 4.20. The molecule has 3 heterocycles. The van der Waals surface area contributed by atoms with Gasteiger partial charge in [-0.3, -0.25) is 0 Å². The quantitative estimate of drug-likeness (QED) is 0.921. The van der Waals surface area contributed by atoms with Gasteiger partial charge in [-0.1, -0.05) is 0 Å². The number of ether oxygens (including phenoxy) is 1. The number of rotatable bonds is 4.